The normalized spacial score (nSPS) is 11.7. The summed E-state index contributed by atoms with van der Waals surface area (Å²) in [6, 6.07) is 15.7. The van der Waals surface area contributed by atoms with Crippen molar-refractivity contribution in [3.05, 3.63) is 76.8 Å². The number of hydrogen-bond donors (Lipinski definition) is 1. The Labute approximate surface area is 173 Å². The summed E-state index contributed by atoms with van der Waals surface area (Å²) in [6.45, 7) is 0.244. The molecule has 0 aliphatic rings. The molecule has 0 fully saturated rings. The van der Waals surface area contributed by atoms with Crippen molar-refractivity contribution in [3.8, 4) is 17.0 Å². The molecule has 30 heavy (non-hydrogen) atoms. The number of nitrogens with zero attached hydrogens (tertiary/aromatic N) is 3. The van der Waals surface area contributed by atoms with Crippen LogP contribution in [0, 0.1) is 0 Å². The third-order valence-corrected chi connectivity index (χ3v) is 5.92. The summed E-state index contributed by atoms with van der Waals surface area (Å²) < 4.78 is 31.7. The molecule has 0 unspecified atom stereocenters. The maximum absolute atomic E-state index is 13.0. The quantitative estimate of drug-likeness (QED) is 0.528. The monoisotopic (exact) mass is 424 g/mol. The molecule has 154 valence electrons. The van der Waals surface area contributed by atoms with Gasteiger partial charge in [0.1, 0.15) is 0 Å². The first kappa shape index (κ1) is 19.9. The Kier molecular flexibility index (Phi) is 4.92. The van der Waals surface area contributed by atoms with Gasteiger partial charge in [0.25, 0.3) is 0 Å². The van der Waals surface area contributed by atoms with Crippen molar-refractivity contribution in [2.45, 2.75) is 11.4 Å². The van der Waals surface area contributed by atoms with Crippen molar-refractivity contribution < 1.29 is 13.2 Å². The molecule has 8 nitrogen and oxygen atoms in total. The predicted molar refractivity (Wildman–Crippen MR) is 114 cm³/mol. The predicted octanol–water partition coefficient (Wildman–Crippen LogP) is 2.11. The van der Waals surface area contributed by atoms with Gasteiger partial charge in [-0.1, -0.05) is 42.5 Å². The molecule has 0 radical (unpaired) electrons. The minimum Gasteiger partial charge on any atom is -0.480 e. The highest BCUT2D eigenvalue weighted by Gasteiger charge is 2.20. The Hall–Kier alpha value is -3.43. The van der Waals surface area contributed by atoms with E-state index in [0.29, 0.717) is 16.9 Å². The zero-order chi connectivity index (χ0) is 21.5. The van der Waals surface area contributed by atoms with Crippen LogP contribution in [0.3, 0.4) is 0 Å². The average Bonchev–Trinajstić information content (AvgIpc) is 2.98. The van der Waals surface area contributed by atoms with E-state index in [0.717, 1.165) is 16.7 Å². The lowest BCUT2D eigenvalue weighted by molar-refractivity contribution is 0.400. The van der Waals surface area contributed by atoms with Gasteiger partial charge in [0.2, 0.25) is 15.9 Å². The Morgan fingerprint density at radius 1 is 1.07 bits per heavy atom. The number of methoxy groups -OCH3 is 1. The lowest BCUT2D eigenvalue weighted by atomic mass is 10.1. The lowest BCUT2D eigenvalue weighted by Gasteiger charge is -2.12. The number of nitrogens with two attached hydrogens (primary N) is 1. The highest BCUT2D eigenvalue weighted by atomic mass is 32.2. The van der Waals surface area contributed by atoms with Gasteiger partial charge in [0, 0.05) is 7.05 Å². The van der Waals surface area contributed by atoms with Crippen LogP contribution in [0.25, 0.3) is 22.2 Å². The van der Waals surface area contributed by atoms with Crippen molar-refractivity contribution in [1.82, 2.24) is 14.1 Å². The number of imidazole rings is 1. The van der Waals surface area contributed by atoms with Gasteiger partial charge in [-0.25, -0.2) is 23.3 Å². The second-order valence-electron chi connectivity index (χ2n) is 6.86. The number of sulfonamides is 1. The molecule has 2 N–H and O–H groups in total. The second kappa shape index (κ2) is 7.43. The number of pyridine rings is 1. The van der Waals surface area contributed by atoms with Crippen molar-refractivity contribution >= 4 is 21.1 Å². The SMILES string of the molecule is COc1ncc2c(c1-c1ccccc1)n(Cc1ccc(S(N)(=O)=O)cc1)c(=O)n2C. The topological polar surface area (TPSA) is 109 Å². The van der Waals surface area contributed by atoms with Gasteiger partial charge >= 0.3 is 5.69 Å². The highest BCUT2D eigenvalue weighted by Crippen LogP contribution is 2.35. The fourth-order valence-corrected chi connectivity index (χ4v) is 4.02. The average molecular weight is 424 g/mol. The molecule has 0 atom stereocenters. The molecule has 0 bridgehead atoms. The van der Waals surface area contributed by atoms with Crippen LogP contribution < -0.4 is 15.6 Å². The molecule has 2 aromatic heterocycles. The first-order valence-electron chi connectivity index (χ1n) is 9.10. The van der Waals surface area contributed by atoms with E-state index >= 15 is 0 Å². The van der Waals surface area contributed by atoms with Gasteiger partial charge in [0.15, 0.2) is 0 Å². The molecule has 9 heteroatoms. The summed E-state index contributed by atoms with van der Waals surface area (Å²) in [6.07, 6.45) is 1.61. The van der Waals surface area contributed by atoms with Crippen LogP contribution >= 0.6 is 0 Å². The van der Waals surface area contributed by atoms with Crippen molar-refractivity contribution in [2.75, 3.05) is 7.11 Å². The smallest absolute Gasteiger partial charge is 0.329 e. The maximum atomic E-state index is 13.0. The molecule has 4 rings (SSSR count). The number of benzene rings is 2. The Morgan fingerprint density at radius 3 is 2.33 bits per heavy atom. The fourth-order valence-electron chi connectivity index (χ4n) is 3.51. The Bertz CT molecular complexity index is 1390. The Balaban J connectivity index is 1.94. The van der Waals surface area contributed by atoms with Crippen molar-refractivity contribution in [1.29, 1.82) is 0 Å². The fraction of sp³-hybridized carbons (Fsp3) is 0.143. The standard InChI is InChI=1S/C21H20N4O4S/c1-24-17-12-23-20(29-2)18(15-6-4-3-5-7-15)19(17)25(21(24)26)13-14-8-10-16(11-9-14)30(22,27)28/h3-12H,13H2,1-2H3,(H2,22,27,28). The Morgan fingerprint density at radius 2 is 1.73 bits per heavy atom. The number of aromatic nitrogens is 3. The van der Waals surface area contributed by atoms with E-state index < -0.39 is 10.0 Å². The summed E-state index contributed by atoms with van der Waals surface area (Å²) in [4.78, 5) is 17.5. The van der Waals surface area contributed by atoms with E-state index in [-0.39, 0.29) is 17.1 Å². The molecular formula is C21H20N4O4S. The van der Waals surface area contributed by atoms with Crippen LogP contribution in [0.5, 0.6) is 5.88 Å². The maximum Gasteiger partial charge on any atom is 0.329 e. The number of hydrogen-bond acceptors (Lipinski definition) is 5. The molecule has 2 heterocycles. The zero-order valence-corrected chi connectivity index (χ0v) is 17.3. The molecular weight excluding hydrogens is 404 g/mol. The van der Waals surface area contributed by atoms with Crippen molar-refractivity contribution in [2.24, 2.45) is 12.2 Å². The summed E-state index contributed by atoms with van der Waals surface area (Å²) in [5.74, 6) is 0.414. The third-order valence-electron chi connectivity index (χ3n) is 4.99. The number of aryl methyl sites for hydroxylation is 1. The first-order chi connectivity index (χ1) is 14.3. The number of rotatable bonds is 5. The van der Waals surface area contributed by atoms with Gasteiger partial charge in [-0.3, -0.25) is 9.13 Å². The van der Waals surface area contributed by atoms with Gasteiger partial charge in [0.05, 0.1) is 41.3 Å². The van der Waals surface area contributed by atoms with E-state index in [1.165, 1.54) is 23.8 Å². The molecule has 0 aliphatic carbocycles. The zero-order valence-electron chi connectivity index (χ0n) is 16.4. The summed E-state index contributed by atoms with van der Waals surface area (Å²) in [5.41, 5.74) is 3.49. The first-order valence-corrected chi connectivity index (χ1v) is 10.6. The van der Waals surface area contributed by atoms with Crippen LogP contribution in [0.1, 0.15) is 5.56 Å². The summed E-state index contributed by atoms with van der Waals surface area (Å²) >= 11 is 0. The van der Waals surface area contributed by atoms with Crippen molar-refractivity contribution in [3.63, 3.8) is 0 Å². The summed E-state index contributed by atoms with van der Waals surface area (Å²) in [5, 5.41) is 5.17. The van der Waals surface area contributed by atoms with Crippen LogP contribution in [-0.2, 0) is 23.6 Å². The largest absolute Gasteiger partial charge is 0.480 e. The number of ether oxygens (including phenoxy) is 1. The summed E-state index contributed by atoms with van der Waals surface area (Å²) in [7, 11) is -0.552. The van der Waals surface area contributed by atoms with Crippen LogP contribution in [0.15, 0.2) is 70.5 Å². The molecule has 0 saturated heterocycles. The minimum atomic E-state index is -3.78. The van der Waals surface area contributed by atoms with Gasteiger partial charge in [-0.2, -0.15) is 0 Å². The van der Waals surface area contributed by atoms with Gasteiger partial charge in [-0.05, 0) is 23.3 Å². The number of fused-ring (bicyclic) bond motifs is 1. The molecule has 0 spiro atoms. The number of primary sulfonamides is 1. The molecule has 0 saturated carbocycles. The van der Waals surface area contributed by atoms with E-state index in [4.69, 9.17) is 9.88 Å². The second-order valence-corrected chi connectivity index (χ2v) is 8.42. The van der Waals surface area contributed by atoms with Gasteiger partial charge in [-0.15, -0.1) is 0 Å². The van der Waals surface area contributed by atoms with E-state index in [1.807, 2.05) is 30.3 Å². The van der Waals surface area contributed by atoms with E-state index in [1.54, 1.807) is 29.9 Å². The third kappa shape index (κ3) is 3.38. The molecule has 4 aromatic rings. The van der Waals surface area contributed by atoms with E-state index in [9.17, 15) is 13.2 Å². The van der Waals surface area contributed by atoms with Crippen LogP contribution in [-0.4, -0.2) is 29.6 Å². The van der Waals surface area contributed by atoms with E-state index in [2.05, 4.69) is 4.98 Å². The molecule has 0 amide bonds. The minimum absolute atomic E-state index is 0.0207. The lowest BCUT2D eigenvalue weighted by Crippen LogP contribution is -2.23. The van der Waals surface area contributed by atoms with Crippen LogP contribution in [0.2, 0.25) is 0 Å². The highest BCUT2D eigenvalue weighted by molar-refractivity contribution is 7.89. The van der Waals surface area contributed by atoms with Crippen LogP contribution in [0.4, 0.5) is 0 Å². The molecule has 0 aliphatic heterocycles. The molecule has 2 aromatic carbocycles. The van der Waals surface area contributed by atoms with Gasteiger partial charge < -0.3 is 4.74 Å².